The van der Waals surface area contributed by atoms with Crippen LogP contribution in [0.4, 0.5) is 0 Å². The van der Waals surface area contributed by atoms with Gasteiger partial charge in [0.05, 0.1) is 22.7 Å². The van der Waals surface area contributed by atoms with Crippen molar-refractivity contribution in [3.63, 3.8) is 0 Å². The van der Waals surface area contributed by atoms with Gasteiger partial charge in [0.2, 0.25) is 0 Å². The van der Waals surface area contributed by atoms with Crippen LogP contribution in [0.15, 0.2) is 53.8 Å². The number of amides is 1. The molecule has 1 aliphatic carbocycles. The first-order valence-electron chi connectivity index (χ1n) is 12.8. The minimum Gasteiger partial charge on any atom is -0.489 e. The highest BCUT2D eigenvalue weighted by Gasteiger charge is 2.31. The monoisotopic (exact) mass is 520 g/mol. The van der Waals surface area contributed by atoms with Gasteiger partial charge in [0.15, 0.2) is 5.71 Å². The van der Waals surface area contributed by atoms with Crippen LogP contribution in [0, 0.1) is 0 Å². The molecule has 0 spiro atoms. The normalized spacial score (nSPS) is 19.0. The number of aliphatic hydroxyl groups is 1. The Hall–Kier alpha value is -3.20. The molecule has 3 aliphatic rings. The van der Waals surface area contributed by atoms with Crippen LogP contribution in [0.2, 0.25) is 5.02 Å². The number of halogens is 1. The molecule has 192 valence electrons. The van der Waals surface area contributed by atoms with Gasteiger partial charge in [-0.2, -0.15) is 0 Å². The van der Waals surface area contributed by atoms with Crippen molar-refractivity contribution in [1.82, 2.24) is 15.2 Å². The first-order chi connectivity index (χ1) is 18.1. The topological polar surface area (TPSA) is 96.3 Å². The van der Waals surface area contributed by atoms with E-state index in [9.17, 15) is 9.90 Å². The van der Waals surface area contributed by atoms with Gasteiger partial charge in [-0.1, -0.05) is 28.9 Å². The van der Waals surface area contributed by atoms with E-state index >= 15 is 0 Å². The molecular weight excluding hydrogens is 492 g/mol. The molecule has 0 bridgehead atoms. The number of oxime groups is 1. The summed E-state index contributed by atoms with van der Waals surface area (Å²) in [7, 11) is 0. The second-order valence-corrected chi connectivity index (χ2v) is 10.3. The summed E-state index contributed by atoms with van der Waals surface area (Å²) in [6.45, 7) is 2.63. The zero-order valence-corrected chi connectivity index (χ0v) is 21.2. The molecule has 3 heterocycles. The smallest absolute Gasteiger partial charge is 0.274 e. The number of hydrogen-bond acceptors (Lipinski definition) is 7. The first kappa shape index (κ1) is 24.2. The predicted octanol–water partition coefficient (Wildman–Crippen LogP) is 3.98. The molecule has 2 atom stereocenters. The first-order valence-corrected chi connectivity index (χ1v) is 13.2. The summed E-state index contributed by atoms with van der Waals surface area (Å²) < 4.78 is 5.84. The van der Waals surface area contributed by atoms with Crippen LogP contribution < -0.4 is 10.1 Å². The Morgan fingerprint density at radius 2 is 2.05 bits per heavy atom. The summed E-state index contributed by atoms with van der Waals surface area (Å²) in [6, 6.07) is 12.3. The molecule has 8 nitrogen and oxygen atoms in total. The summed E-state index contributed by atoms with van der Waals surface area (Å²) in [6.07, 6.45) is 5.27. The van der Waals surface area contributed by atoms with Gasteiger partial charge in [-0.25, -0.2) is 0 Å². The third kappa shape index (κ3) is 5.14. The molecule has 3 aromatic rings. The van der Waals surface area contributed by atoms with Gasteiger partial charge < -0.3 is 24.9 Å². The molecular formula is C28H29ClN4O4. The van der Waals surface area contributed by atoms with Crippen LogP contribution in [-0.2, 0) is 16.2 Å². The number of aliphatic hydroxyl groups excluding tert-OH is 1. The minimum atomic E-state index is -0.970. The Kier molecular flexibility index (Phi) is 6.71. The summed E-state index contributed by atoms with van der Waals surface area (Å²) in [5, 5.41) is 19.9. The van der Waals surface area contributed by atoms with Crippen molar-refractivity contribution in [3.8, 4) is 5.75 Å². The summed E-state index contributed by atoms with van der Waals surface area (Å²) >= 11 is 6.48. The molecule has 37 heavy (non-hydrogen) atoms. The fraction of sp³-hybridized carbons (Fsp3) is 0.393. The summed E-state index contributed by atoms with van der Waals surface area (Å²) in [5.41, 5.74) is 3.23. The standard InChI is InChI=1S/C28H29ClN4O4/c29-22-14-17(5-10-25(22)37-18-6-7-18)27(34)24(15-33-12-1-2-13-33)31-28(35)26-20-8-9-23-19(4-3-11-30-23)21(20)16-36-32-26/h3-5,8-11,14,18,24,27,34H,1-2,6-7,12-13,15-16H2,(H,31,35). The maximum atomic E-state index is 13.6. The summed E-state index contributed by atoms with van der Waals surface area (Å²) in [5.74, 6) is 0.222. The lowest BCUT2D eigenvalue weighted by atomic mass is 9.96. The highest BCUT2D eigenvalue weighted by molar-refractivity contribution is 6.46. The SMILES string of the molecule is O=C(NC(CN1CCCC1)C(O)c1ccc(OC2CC2)c(Cl)c1)C1=NOCc2c1ccc1ncccc21. The molecule has 1 saturated heterocycles. The predicted molar refractivity (Wildman–Crippen MR) is 141 cm³/mol. The number of hydrogen-bond donors (Lipinski definition) is 2. The second-order valence-electron chi connectivity index (χ2n) is 9.91. The third-order valence-corrected chi connectivity index (χ3v) is 7.49. The molecule has 2 aliphatic heterocycles. The number of carbonyl (C=O) groups is 1. The maximum Gasteiger partial charge on any atom is 0.274 e. The van der Waals surface area contributed by atoms with E-state index in [2.05, 4.69) is 20.4 Å². The zero-order valence-electron chi connectivity index (χ0n) is 20.4. The Morgan fingerprint density at radius 1 is 1.22 bits per heavy atom. The van der Waals surface area contributed by atoms with Crippen molar-refractivity contribution >= 4 is 34.1 Å². The van der Waals surface area contributed by atoms with Gasteiger partial charge in [0, 0.05) is 29.3 Å². The molecule has 0 radical (unpaired) electrons. The van der Waals surface area contributed by atoms with Gasteiger partial charge in [-0.05, 0) is 74.7 Å². The Morgan fingerprint density at radius 3 is 2.84 bits per heavy atom. The van der Waals surface area contributed by atoms with Crippen molar-refractivity contribution in [3.05, 3.63) is 70.4 Å². The van der Waals surface area contributed by atoms with Crippen LogP contribution in [0.5, 0.6) is 5.75 Å². The molecule has 9 heteroatoms. The van der Waals surface area contributed by atoms with E-state index in [0.717, 1.165) is 55.2 Å². The number of benzene rings is 2. The van der Waals surface area contributed by atoms with Crippen LogP contribution in [0.25, 0.3) is 10.9 Å². The quantitative estimate of drug-likeness (QED) is 0.466. The maximum absolute atomic E-state index is 13.6. The Balaban J connectivity index is 1.25. The lowest BCUT2D eigenvalue weighted by Gasteiger charge is -2.29. The lowest BCUT2D eigenvalue weighted by Crippen LogP contribution is -2.49. The minimum absolute atomic E-state index is 0.192. The van der Waals surface area contributed by atoms with E-state index in [1.807, 2.05) is 30.3 Å². The van der Waals surface area contributed by atoms with Crippen LogP contribution in [0.3, 0.4) is 0 Å². The summed E-state index contributed by atoms with van der Waals surface area (Å²) in [4.78, 5) is 25.7. The molecule has 2 unspecified atom stereocenters. The number of carbonyl (C=O) groups excluding carboxylic acids is 1. The lowest BCUT2D eigenvalue weighted by molar-refractivity contribution is -0.116. The number of nitrogens with one attached hydrogen (secondary N) is 1. The number of nitrogens with zero attached hydrogens (tertiary/aromatic N) is 3. The van der Waals surface area contributed by atoms with Crippen molar-refractivity contribution in [2.24, 2.45) is 5.16 Å². The third-order valence-electron chi connectivity index (χ3n) is 7.20. The molecule has 6 rings (SSSR count). The number of rotatable bonds is 8. The van der Waals surface area contributed by atoms with Crippen LogP contribution in [0.1, 0.15) is 48.5 Å². The van der Waals surface area contributed by atoms with Gasteiger partial charge >= 0.3 is 0 Å². The van der Waals surface area contributed by atoms with Crippen LogP contribution in [-0.4, -0.2) is 58.4 Å². The average Bonchev–Trinajstić information content (AvgIpc) is 3.60. The number of pyridine rings is 1. The van der Waals surface area contributed by atoms with Gasteiger partial charge in [0.25, 0.3) is 5.91 Å². The Labute approximate surface area is 220 Å². The van der Waals surface area contributed by atoms with Gasteiger partial charge in [0.1, 0.15) is 18.5 Å². The van der Waals surface area contributed by atoms with Crippen molar-refractivity contribution in [2.75, 3.05) is 19.6 Å². The second kappa shape index (κ2) is 10.3. The average molecular weight is 521 g/mol. The van der Waals surface area contributed by atoms with E-state index < -0.39 is 18.1 Å². The largest absolute Gasteiger partial charge is 0.489 e. The Bertz CT molecular complexity index is 1350. The number of fused-ring (bicyclic) bond motifs is 3. The highest BCUT2D eigenvalue weighted by atomic mass is 35.5. The molecule has 2 fully saturated rings. The van der Waals surface area contributed by atoms with Crippen LogP contribution >= 0.6 is 11.6 Å². The molecule has 1 saturated carbocycles. The van der Waals surface area contributed by atoms with E-state index in [1.165, 1.54) is 0 Å². The van der Waals surface area contributed by atoms with E-state index in [-0.39, 0.29) is 18.4 Å². The van der Waals surface area contributed by atoms with Crippen molar-refractivity contribution in [1.29, 1.82) is 0 Å². The fourth-order valence-corrected chi connectivity index (χ4v) is 5.30. The molecule has 1 amide bonds. The fourth-order valence-electron chi connectivity index (χ4n) is 5.06. The highest BCUT2D eigenvalue weighted by Crippen LogP contribution is 2.34. The number of aromatic nitrogens is 1. The van der Waals surface area contributed by atoms with E-state index in [1.54, 1.807) is 18.3 Å². The van der Waals surface area contributed by atoms with E-state index in [0.29, 0.717) is 28.4 Å². The van der Waals surface area contributed by atoms with Gasteiger partial charge in [-0.15, -0.1) is 0 Å². The molecule has 2 aromatic carbocycles. The van der Waals surface area contributed by atoms with E-state index in [4.69, 9.17) is 21.2 Å². The molecule has 1 aromatic heterocycles. The number of likely N-dealkylation sites (tertiary alicyclic amines) is 1. The zero-order chi connectivity index (χ0) is 25.4. The number of ether oxygens (including phenoxy) is 1. The van der Waals surface area contributed by atoms with Crippen molar-refractivity contribution < 1.29 is 19.5 Å². The molecule has 2 N–H and O–H groups in total. The van der Waals surface area contributed by atoms with Crippen molar-refractivity contribution in [2.45, 2.75) is 50.5 Å². The van der Waals surface area contributed by atoms with Gasteiger partial charge in [-0.3, -0.25) is 9.78 Å².